The Hall–Kier alpha value is -3.84. The van der Waals surface area contributed by atoms with Crippen molar-refractivity contribution in [3.8, 4) is 0 Å². The van der Waals surface area contributed by atoms with Gasteiger partial charge in [0.2, 0.25) is 11.8 Å². The predicted molar refractivity (Wildman–Crippen MR) is 175 cm³/mol. The van der Waals surface area contributed by atoms with Gasteiger partial charge in [0.1, 0.15) is 0 Å². The van der Waals surface area contributed by atoms with Crippen LogP contribution >= 0.6 is 23.2 Å². The van der Waals surface area contributed by atoms with Crippen molar-refractivity contribution in [1.82, 2.24) is 10.0 Å². The van der Waals surface area contributed by atoms with Crippen LogP contribution in [0.15, 0.2) is 58.7 Å². The minimum atomic E-state index is -1.08. The number of hydrogen-bond acceptors (Lipinski definition) is 8. The number of aliphatic hydroxyl groups is 2. The first-order valence-electron chi connectivity index (χ1n) is 14.9. The second kappa shape index (κ2) is 19.6. The Kier molecular flexibility index (Phi) is 16.4. The first kappa shape index (κ1) is 38.3. The Labute approximate surface area is 277 Å². The number of halogens is 2. The number of carboxylic acid groups (broad SMARTS) is 2. The third-order valence-electron chi connectivity index (χ3n) is 6.83. The zero-order valence-electron chi connectivity index (χ0n) is 25.8. The zero-order chi connectivity index (χ0) is 34.2. The van der Waals surface area contributed by atoms with Crippen LogP contribution in [0, 0.1) is 0 Å². The number of amides is 2. The molecule has 4 N–H and O–H groups in total. The van der Waals surface area contributed by atoms with Crippen molar-refractivity contribution in [2.75, 3.05) is 13.1 Å². The van der Waals surface area contributed by atoms with Gasteiger partial charge in [-0.25, -0.2) is 10.0 Å². The molecule has 0 spiro atoms. The van der Waals surface area contributed by atoms with Gasteiger partial charge in [-0.15, -0.1) is 0 Å². The molecular formula is C32H40Cl2N4O8. The topological polar surface area (TPSA) is 180 Å². The van der Waals surface area contributed by atoms with Crippen molar-refractivity contribution in [2.24, 2.45) is 10.2 Å². The summed E-state index contributed by atoms with van der Waals surface area (Å²) in [6.45, 7) is 4.27. The lowest BCUT2D eigenvalue weighted by molar-refractivity contribution is -0.143. The average molecular weight is 680 g/mol. The molecule has 0 aliphatic carbocycles. The maximum atomic E-state index is 11.8. The van der Waals surface area contributed by atoms with E-state index in [4.69, 9.17) is 33.4 Å². The molecule has 0 bridgehead atoms. The van der Waals surface area contributed by atoms with E-state index < -0.39 is 24.1 Å². The molecule has 250 valence electrons. The average Bonchev–Trinajstić information content (AvgIpc) is 3.03. The number of carbonyl (C=O) groups excluding carboxylic acids is 2. The number of nitrogens with zero attached hydrogens (tertiary/aromatic N) is 4. The normalized spacial score (nSPS) is 15.8. The van der Waals surface area contributed by atoms with Crippen molar-refractivity contribution in [2.45, 2.75) is 77.4 Å². The number of aliphatic hydroxyl groups excluding tert-OH is 2. The molecule has 2 aromatic carbocycles. The number of rotatable bonds is 11. The van der Waals surface area contributed by atoms with Crippen LogP contribution in [0.5, 0.6) is 0 Å². The van der Waals surface area contributed by atoms with Gasteiger partial charge in [0, 0.05) is 35.7 Å². The van der Waals surface area contributed by atoms with Crippen LogP contribution < -0.4 is 0 Å². The molecule has 46 heavy (non-hydrogen) atoms. The highest BCUT2D eigenvalue weighted by molar-refractivity contribution is 6.31. The zero-order valence-corrected chi connectivity index (χ0v) is 27.3. The van der Waals surface area contributed by atoms with Gasteiger partial charge in [-0.3, -0.25) is 19.2 Å². The van der Waals surface area contributed by atoms with Crippen molar-refractivity contribution < 1.29 is 39.6 Å². The Morgan fingerprint density at radius 3 is 1.28 bits per heavy atom. The van der Waals surface area contributed by atoms with Crippen LogP contribution in [-0.2, 0) is 19.2 Å². The highest BCUT2D eigenvalue weighted by atomic mass is 35.5. The maximum absolute atomic E-state index is 11.8. The minimum absolute atomic E-state index is 0.0368. The molecule has 2 aromatic rings. The largest absolute Gasteiger partial charge is 0.481 e. The van der Waals surface area contributed by atoms with E-state index >= 15 is 0 Å². The number of β-amino-alcohol motifs (C(OH)–C–C–N with tert-alkyl or cyclic N) is 2. The summed E-state index contributed by atoms with van der Waals surface area (Å²) in [5.41, 5.74) is 3.65. The Morgan fingerprint density at radius 2 is 1.00 bits per heavy atom. The number of hydrogen-bond donors (Lipinski definition) is 4. The SMILES string of the molecule is CCC(O)CN1N=C(c2ccc(Cl)cc2)CCC1=O.CCC(O)CN1N=C(c2ccc(Cl)cc2)CCC1=O.O=C(O)CCC(=O)O. The van der Waals surface area contributed by atoms with E-state index in [1.165, 1.54) is 10.0 Å². The molecule has 0 aromatic heterocycles. The summed E-state index contributed by atoms with van der Waals surface area (Å²) in [5.74, 6) is -2.23. The van der Waals surface area contributed by atoms with Gasteiger partial charge >= 0.3 is 11.9 Å². The molecule has 12 nitrogen and oxygen atoms in total. The monoisotopic (exact) mass is 678 g/mol. The number of benzene rings is 2. The molecule has 2 atom stereocenters. The Bertz CT molecular complexity index is 1280. The molecule has 14 heteroatoms. The van der Waals surface area contributed by atoms with E-state index in [0.717, 1.165) is 22.6 Å². The lowest BCUT2D eigenvalue weighted by Gasteiger charge is -2.25. The molecule has 0 saturated carbocycles. The van der Waals surface area contributed by atoms with E-state index in [0.29, 0.717) is 48.6 Å². The summed E-state index contributed by atoms with van der Waals surface area (Å²) in [5, 5.41) is 47.9. The van der Waals surface area contributed by atoms with Crippen molar-refractivity contribution in [1.29, 1.82) is 0 Å². The molecule has 0 saturated heterocycles. The fourth-order valence-corrected chi connectivity index (χ4v) is 4.31. The second-order valence-electron chi connectivity index (χ2n) is 10.5. The van der Waals surface area contributed by atoms with E-state index in [-0.39, 0.29) is 37.7 Å². The number of aliphatic carboxylic acids is 2. The summed E-state index contributed by atoms with van der Waals surface area (Å²) in [7, 11) is 0. The molecular weight excluding hydrogens is 639 g/mol. The highest BCUT2D eigenvalue weighted by Crippen LogP contribution is 2.19. The lowest BCUT2D eigenvalue weighted by atomic mass is 10.0. The standard InChI is InChI=1S/2C14H17ClN2O2.C4H6O4/c2*1-2-12(18)9-17-14(19)8-7-13(16-17)10-3-5-11(15)6-4-10;5-3(6)1-2-4(7)8/h2*3-6,12,18H,2,7-9H2,1H3;1-2H2,(H,5,6)(H,7,8). The van der Waals surface area contributed by atoms with Gasteiger partial charge < -0.3 is 20.4 Å². The van der Waals surface area contributed by atoms with Crippen molar-refractivity contribution >= 4 is 58.4 Å². The molecule has 2 amide bonds. The fourth-order valence-electron chi connectivity index (χ4n) is 4.06. The molecule has 2 aliphatic heterocycles. The minimum Gasteiger partial charge on any atom is -0.481 e. The van der Waals surface area contributed by atoms with Gasteiger partial charge in [0.15, 0.2) is 0 Å². The third-order valence-corrected chi connectivity index (χ3v) is 7.33. The third kappa shape index (κ3) is 13.7. The lowest BCUT2D eigenvalue weighted by Crippen LogP contribution is -2.37. The van der Waals surface area contributed by atoms with Crippen LogP contribution in [0.4, 0.5) is 0 Å². The van der Waals surface area contributed by atoms with Crippen LogP contribution in [0.25, 0.3) is 0 Å². The molecule has 2 heterocycles. The highest BCUT2D eigenvalue weighted by Gasteiger charge is 2.24. The van der Waals surface area contributed by atoms with Crippen molar-refractivity contribution in [3.05, 3.63) is 69.7 Å². The maximum Gasteiger partial charge on any atom is 0.303 e. The molecule has 0 radical (unpaired) electrons. The molecule has 4 rings (SSSR count). The summed E-state index contributed by atoms with van der Waals surface area (Å²) in [6, 6.07) is 14.8. The van der Waals surface area contributed by atoms with E-state index in [9.17, 15) is 29.4 Å². The van der Waals surface area contributed by atoms with Gasteiger partial charge in [-0.1, -0.05) is 61.3 Å². The Morgan fingerprint density at radius 1 is 0.674 bits per heavy atom. The number of carbonyl (C=O) groups is 4. The van der Waals surface area contributed by atoms with Gasteiger partial charge in [0.25, 0.3) is 0 Å². The van der Waals surface area contributed by atoms with Gasteiger partial charge in [-0.2, -0.15) is 10.2 Å². The van der Waals surface area contributed by atoms with Gasteiger partial charge in [0.05, 0.1) is 49.6 Å². The Balaban J connectivity index is 0.000000261. The van der Waals surface area contributed by atoms with Crippen LogP contribution in [0.3, 0.4) is 0 Å². The first-order chi connectivity index (χ1) is 21.8. The van der Waals surface area contributed by atoms with Crippen LogP contribution in [0.2, 0.25) is 10.0 Å². The summed E-state index contributed by atoms with van der Waals surface area (Å²) < 4.78 is 0. The smallest absolute Gasteiger partial charge is 0.303 e. The van der Waals surface area contributed by atoms with Crippen molar-refractivity contribution in [3.63, 3.8) is 0 Å². The fraction of sp³-hybridized carbons (Fsp3) is 0.438. The second-order valence-corrected chi connectivity index (χ2v) is 11.3. The number of hydrazone groups is 2. The summed E-state index contributed by atoms with van der Waals surface area (Å²) in [4.78, 5) is 42.8. The summed E-state index contributed by atoms with van der Waals surface area (Å²) in [6.07, 6.45) is 1.67. The van der Waals surface area contributed by atoms with Gasteiger partial charge in [-0.05, 0) is 48.2 Å². The first-order valence-corrected chi connectivity index (χ1v) is 15.7. The van der Waals surface area contributed by atoms with E-state index in [2.05, 4.69) is 10.2 Å². The van der Waals surface area contributed by atoms with Crippen LogP contribution in [-0.4, -0.2) is 90.9 Å². The van der Waals surface area contributed by atoms with E-state index in [1.54, 1.807) is 24.3 Å². The molecule has 0 fully saturated rings. The molecule has 2 aliphatic rings. The molecule has 2 unspecified atom stereocenters. The van der Waals surface area contributed by atoms with E-state index in [1.807, 2.05) is 38.1 Å². The summed E-state index contributed by atoms with van der Waals surface area (Å²) >= 11 is 11.7. The quantitative estimate of drug-likeness (QED) is 0.261. The predicted octanol–water partition coefficient (Wildman–Crippen LogP) is 4.81. The number of carboxylic acids is 2. The van der Waals surface area contributed by atoms with Crippen LogP contribution in [0.1, 0.15) is 76.3 Å².